The van der Waals surface area contributed by atoms with Gasteiger partial charge in [0, 0.05) is 30.1 Å². The molecule has 0 bridgehead atoms. The summed E-state index contributed by atoms with van der Waals surface area (Å²) in [5.74, 6) is 0.0433. The first kappa shape index (κ1) is 19.1. The molecule has 0 aliphatic heterocycles. The van der Waals surface area contributed by atoms with Crippen LogP contribution in [0.25, 0.3) is 0 Å². The average Bonchev–Trinajstić information content (AvgIpc) is 2.74. The van der Waals surface area contributed by atoms with E-state index in [1.54, 1.807) is 48.8 Å². The number of aromatic nitrogens is 1. The summed E-state index contributed by atoms with van der Waals surface area (Å²) in [4.78, 5) is 29.0. The van der Waals surface area contributed by atoms with Crippen LogP contribution in [0.2, 0.25) is 0 Å². The highest BCUT2D eigenvalue weighted by atomic mass is 16.5. The maximum Gasteiger partial charge on any atom is 0.255 e. The number of carbonyl (C=O) groups is 2. The number of benzene rings is 2. The lowest BCUT2D eigenvalue weighted by molar-refractivity contribution is 0.0951. The molecule has 1 heterocycles. The van der Waals surface area contributed by atoms with E-state index in [9.17, 15) is 9.59 Å². The Hall–Kier alpha value is -3.67. The topological polar surface area (TPSA) is 80.3 Å². The second-order valence-corrected chi connectivity index (χ2v) is 6.00. The Bertz CT molecular complexity index is 958. The van der Waals surface area contributed by atoms with Crippen LogP contribution in [0.3, 0.4) is 0 Å². The SMILES string of the molecule is CCOc1ccccc1NC(=O)c1cccc(C(=O)NCc2ccncc2)c1. The summed E-state index contributed by atoms with van der Waals surface area (Å²) >= 11 is 0. The van der Waals surface area contributed by atoms with E-state index in [4.69, 9.17) is 4.74 Å². The fourth-order valence-electron chi connectivity index (χ4n) is 2.63. The molecule has 6 nitrogen and oxygen atoms in total. The summed E-state index contributed by atoms with van der Waals surface area (Å²) in [6.45, 7) is 2.77. The molecule has 0 fully saturated rings. The highest BCUT2D eigenvalue weighted by Gasteiger charge is 2.12. The molecule has 28 heavy (non-hydrogen) atoms. The number of amides is 2. The number of rotatable bonds is 7. The largest absolute Gasteiger partial charge is 0.492 e. The molecule has 0 aliphatic carbocycles. The van der Waals surface area contributed by atoms with Crippen molar-refractivity contribution in [2.45, 2.75) is 13.5 Å². The molecule has 0 radical (unpaired) electrons. The van der Waals surface area contributed by atoms with Gasteiger partial charge in [0.2, 0.25) is 0 Å². The number of nitrogens with zero attached hydrogens (tertiary/aromatic N) is 1. The molecule has 2 N–H and O–H groups in total. The molecular weight excluding hydrogens is 354 g/mol. The molecule has 0 spiro atoms. The van der Waals surface area contributed by atoms with Crippen molar-refractivity contribution in [3.63, 3.8) is 0 Å². The number of carbonyl (C=O) groups excluding carboxylic acids is 2. The summed E-state index contributed by atoms with van der Waals surface area (Å²) in [6, 6.07) is 17.5. The highest BCUT2D eigenvalue weighted by molar-refractivity contribution is 6.06. The fraction of sp³-hybridized carbons (Fsp3) is 0.136. The molecule has 142 valence electrons. The standard InChI is InChI=1S/C22H21N3O3/c1-2-28-20-9-4-3-8-19(20)25-22(27)18-7-5-6-17(14-18)21(26)24-15-16-10-12-23-13-11-16/h3-14H,2,15H2,1H3,(H,24,26)(H,25,27). The lowest BCUT2D eigenvalue weighted by Gasteiger charge is -2.12. The van der Waals surface area contributed by atoms with Crippen LogP contribution in [0.1, 0.15) is 33.2 Å². The van der Waals surface area contributed by atoms with Gasteiger partial charge < -0.3 is 15.4 Å². The van der Waals surface area contributed by atoms with Crippen LogP contribution in [0, 0.1) is 0 Å². The summed E-state index contributed by atoms with van der Waals surface area (Å²) in [5, 5.41) is 5.67. The van der Waals surface area contributed by atoms with Crippen molar-refractivity contribution < 1.29 is 14.3 Å². The van der Waals surface area contributed by atoms with Gasteiger partial charge in [-0.3, -0.25) is 14.6 Å². The molecule has 2 aromatic carbocycles. The normalized spacial score (nSPS) is 10.2. The van der Waals surface area contributed by atoms with E-state index in [0.717, 1.165) is 5.56 Å². The molecular formula is C22H21N3O3. The van der Waals surface area contributed by atoms with Gasteiger partial charge in [0.25, 0.3) is 11.8 Å². The predicted molar refractivity (Wildman–Crippen MR) is 107 cm³/mol. The Morgan fingerprint density at radius 2 is 1.64 bits per heavy atom. The Morgan fingerprint density at radius 3 is 2.39 bits per heavy atom. The van der Waals surface area contributed by atoms with E-state index in [2.05, 4.69) is 15.6 Å². The summed E-state index contributed by atoms with van der Waals surface area (Å²) in [6.07, 6.45) is 3.35. The van der Waals surface area contributed by atoms with Crippen molar-refractivity contribution >= 4 is 17.5 Å². The predicted octanol–water partition coefficient (Wildman–Crippen LogP) is 3.66. The van der Waals surface area contributed by atoms with Crippen molar-refractivity contribution in [2.75, 3.05) is 11.9 Å². The van der Waals surface area contributed by atoms with Crippen LogP contribution < -0.4 is 15.4 Å². The maximum absolute atomic E-state index is 12.6. The maximum atomic E-state index is 12.6. The zero-order valence-corrected chi connectivity index (χ0v) is 15.5. The molecule has 0 unspecified atom stereocenters. The first-order chi connectivity index (χ1) is 13.7. The molecule has 0 saturated heterocycles. The van der Waals surface area contributed by atoms with E-state index in [-0.39, 0.29) is 11.8 Å². The van der Waals surface area contributed by atoms with Crippen LogP contribution in [0.5, 0.6) is 5.75 Å². The molecule has 3 rings (SSSR count). The molecule has 3 aromatic rings. The minimum Gasteiger partial charge on any atom is -0.492 e. The number of hydrogen-bond acceptors (Lipinski definition) is 4. The van der Waals surface area contributed by atoms with E-state index < -0.39 is 0 Å². The van der Waals surface area contributed by atoms with Crippen LogP contribution in [0.4, 0.5) is 5.69 Å². The fourth-order valence-corrected chi connectivity index (χ4v) is 2.63. The van der Waals surface area contributed by atoms with Crippen LogP contribution in [-0.4, -0.2) is 23.4 Å². The monoisotopic (exact) mass is 375 g/mol. The third-order valence-corrected chi connectivity index (χ3v) is 4.02. The number of para-hydroxylation sites is 2. The Morgan fingerprint density at radius 1 is 0.929 bits per heavy atom. The van der Waals surface area contributed by atoms with Gasteiger partial charge in [-0.05, 0) is 55.0 Å². The number of pyridine rings is 1. The van der Waals surface area contributed by atoms with Crippen molar-refractivity contribution in [3.05, 3.63) is 89.7 Å². The van der Waals surface area contributed by atoms with Gasteiger partial charge in [0.05, 0.1) is 12.3 Å². The lowest BCUT2D eigenvalue weighted by atomic mass is 10.1. The number of anilines is 1. The van der Waals surface area contributed by atoms with E-state index in [0.29, 0.717) is 35.7 Å². The second kappa shape index (κ2) is 9.32. The quantitative estimate of drug-likeness (QED) is 0.660. The Balaban J connectivity index is 1.68. The third-order valence-electron chi connectivity index (χ3n) is 4.02. The zero-order valence-electron chi connectivity index (χ0n) is 15.5. The van der Waals surface area contributed by atoms with Crippen molar-refractivity contribution in [1.82, 2.24) is 10.3 Å². The van der Waals surface area contributed by atoms with Crippen LogP contribution in [-0.2, 0) is 6.54 Å². The van der Waals surface area contributed by atoms with Gasteiger partial charge in [-0.25, -0.2) is 0 Å². The highest BCUT2D eigenvalue weighted by Crippen LogP contribution is 2.24. The van der Waals surface area contributed by atoms with Gasteiger partial charge in [0.1, 0.15) is 5.75 Å². The van der Waals surface area contributed by atoms with Crippen molar-refractivity contribution in [3.8, 4) is 5.75 Å². The molecule has 2 amide bonds. The smallest absolute Gasteiger partial charge is 0.255 e. The Labute approximate surface area is 163 Å². The number of ether oxygens (including phenoxy) is 1. The lowest BCUT2D eigenvalue weighted by Crippen LogP contribution is -2.23. The zero-order chi connectivity index (χ0) is 19.8. The van der Waals surface area contributed by atoms with Gasteiger partial charge >= 0.3 is 0 Å². The van der Waals surface area contributed by atoms with Gasteiger partial charge in [-0.2, -0.15) is 0 Å². The molecule has 0 atom stereocenters. The molecule has 0 saturated carbocycles. The van der Waals surface area contributed by atoms with Crippen molar-refractivity contribution in [2.24, 2.45) is 0 Å². The Kier molecular flexibility index (Phi) is 6.36. The van der Waals surface area contributed by atoms with E-state index >= 15 is 0 Å². The minimum absolute atomic E-state index is 0.249. The second-order valence-electron chi connectivity index (χ2n) is 6.00. The van der Waals surface area contributed by atoms with Crippen LogP contribution >= 0.6 is 0 Å². The molecule has 0 aliphatic rings. The first-order valence-electron chi connectivity index (χ1n) is 8.97. The molecule has 6 heteroatoms. The van der Waals surface area contributed by atoms with Gasteiger partial charge in [-0.15, -0.1) is 0 Å². The van der Waals surface area contributed by atoms with Gasteiger partial charge in [-0.1, -0.05) is 18.2 Å². The number of hydrogen-bond donors (Lipinski definition) is 2. The summed E-state index contributed by atoms with van der Waals surface area (Å²) in [7, 11) is 0. The molecule has 1 aromatic heterocycles. The van der Waals surface area contributed by atoms with E-state index in [1.807, 2.05) is 31.2 Å². The van der Waals surface area contributed by atoms with Gasteiger partial charge in [0.15, 0.2) is 0 Å². The third kappa shape index (κ3) is 4.94. The van der Waals surface area contributed by atoms with Crippen molar-refractivity contribution in [1.29, 1.82) is 0 Å². The summed E-state index contributed by atoms with van der Waals surface area (Å²) in [5.41, 5.74) is 2.34. The average molecular weight is 375 g/mol. The minimum atomic E-state index is -0.309. The van der Waals surface area contributed by atoms with E-state index in [1.165, 1.54) is 0 Å². The first-order valence-corrected chi connectivity index (χ1v) is 8.97. The number of nitrogens with one attached hydrogen (secondary N) is 2. The van der Waals surface area contributed by atoms with Crippen LogP contribution in [0.15, 0.2) is 73.1 Å². The summed E-state index contributed by atoms with van der Waals surface area (Å²) < 4.78 is 5.53.